The number of unbranched alkanes of at least 4 members (excludes halogenated alkanes) is 10. The Labute approximate surface area is 272 Å². The first kappa shape index (κ1) is 36.0. The molecule has 0 aliphatic heterocycles. The average Bonchev–Trinajstić information content (AvgIpc) is 3.07. The van der Waals surface area contributed by atoms with Crippen LogP contribution in [-0.2, 0) is 0 Å². The Morgan fingerprint density at radius 1 is 0.674 bits per heavy atom. The maximum absolute atomic E-state index is 12.8. The topological polar surface area (TPSA) is 105 Å². The lowest BCUT2D eigenvalue weighted by atomic mass is 10.1. The Morgan fingerprint density at radius 2 is 1.20 bits per heavy atom. The van der Waals surface area contributed by atoms with Crippen molar-refractivity contribution in [2.75, 3.05) is 13.2 Å². The minimum absolute atomic E-state index is 0.104. The Bertz CT molecular complexity index is 1400. The minimum Gasteiger partial charge on any atom is -0.494 e. The van der Waals surface area contributed by atoms with Gasteiger partial charge in [0.2, 0.25) is 5.75 Å². The van der Waals surface area contributed by atoms with Crippen molar-refractivity contribution in [2.24, 2.45) is 0 Å². The molecule has 0 spiro atoms. The molecule has 0 saturated heterocycles. The third-order valence-corrected chi connectivity index (χ3v) is 7.57. The molecule has 8 nitrogen and oxygen atoms in total. The van der Waals surface area contributed by atoms with E-state index in [1.54, 1.807) is 18.2 Å². The first-order valence-corrected chi connectivity index (χ1v) is 16.6. The zero-order chi connectivity index (χ0) is 33.0. The summed E-state index contributed by atoms with van der Waals surface area (Å²) in [7, 11) is 0. The maximum atomic E-state index is 12.8. The first-order chi connectivity index (χ1) is 22.4. The van der Waals surface area contributed by atoms with E-state index in [9.17, 15) is 19.7 Å². The van der Waals surface area contributed by atoms with Gasteiger partial charge in [-0.25, -0.2) is 4.79 Å². The SMILES string of the molecule is CCCCCCCCCCCCOc1ccc(/C=C/C(=O)c2ccc(OC(=O)c3ccc(OCCCC)cc3)c([N+](=O)[O-])c2)cc1. The number of ether oxygens (including phenoxy) is 3. The number of nitrogens with zero attached hydrogens (tertiary/aromatic N) is 1. The zero-order valence-corrected chi connectivity index (χ0v) is 27.2. The van der Waals surface area contributed by atoms with Crippen LogP contribution in [0.1, 0.15) is 117 Å². The standard InChI is InChI=1S/C38H47NO7/c1-3-5-7-8-9-10-11-12-13-14-28-45-33-21-15-30(16-22-33)17-25-36(40)32-20-26-37(35(29-32)39(42)43)46-38(41)31-18-23-34(24-19-31)44-27-6-4-2/h15-26,29H,3-14,27-28H2,1-2H3/b25-17+. The van der Waals surface area contributed by atoms with Crippen molar-refractivity contribution >= 4 is 23.5 Å². The highest BCUT2D eigenvalue weighted by Crippen LogP contribution is 2.29. The van der Waals surface area contributed by atoms with Crippen molar-refractivity contribution in [3.05, 3.63) is 99.6 Å². The number of rotatable bonds is 22. The van der Waals surface area contributed by atoms with Crippen LogP contribution in [0, 0.1) is 10.1 Å². The summed E-state index contributed by atoms with van der Waals surface area (Å²) < 4.78 is 16.8. The van der Waals surface area contributed by atoms with Crippen LogP contribution >= 0.6 is 0 Å². The molecule has 0 aliphatic rings. The fourth-order valence-electron chi connectivity index (χ4n) is 4.80. The molecule has 3 rings (SSSR count). The summed E-state index contributed by atoms with van der Waals surface area (Å²) in [6.07, 6.45) is 17.7. The van der Waals surface area contributed by atoms with Gasteiger partial charge in [0.1, 0.15) is 11.5 Å². The average molecular weight is 630 g/mol. The van der Waals surface area contributed by atoms with Crippen molar-refractivity contribution in [1.29, 1.82) is 0 Å². The molecule has 0 fully saturated rings. The predicted octanol–water partition coefficient (Wildman–Crippen LogP) is 10.2. The molecule has 46 heavy (non-hydrogen) atoms. The molecule has 246 valence electrons. The number of carbonyl (C=O) groups is 2. The van der Waals surface area contributed by atoms with Gasteiger partial charge in [-0.3, -0.25) is 14.9 Å². The zero-order valence-electron chi connectivity index (χ0n) is 27.2. The van der Waals surface area contributed by atoms with E-state index in [0.717, 1.165) is 36.6 Å². The maximum Gasteiger partial charge on any atom is 0.343 e. The third kappa shape index (κ3) is 12.9. The van der Waals surface area contributed by atoms with E-state index >= 15 is 0 Å². The Morgan fingerprint density at radius 3 is 1.78 bits per heavy atom. The largest absolute Gasteiger partial charge is 0.494 e. The summed E-state index contributed by atoms with van der Waals surface area (Å²) in [5.74, 6) is -0.0154. The van der Waals surface area contributed by atoms with Crippen LogP contribution in [0.5, 0.6) is 17.2 Å². The van der Waals surface area contributed by atoms with Crippen LogP contribution in [0.4, 0.5) is 5.69 Å². The number of hydrogen-bond acceptors (Lipinski definition) is 7. The van der Waals surface area contributed by atoms with Gasteiger partial charge >= 0.3 is 11.7 Å². The fourth-order valence-corrected chi connectivity index (χ4v) is 4.80. The van der Waals surface area contributed by atoms with E-state index in [-0.39, 0.29) is 16.9 Å². The predicted molar refractivity (Wildman–Crippen MR) is 182 cm³/mol. The van der Waals surface area contributed by atoms with Crippen LogP contribution in [-0.4, -0.2) is 29.9 Å². The molecule has 0 saturated carbocycles. The summed E-state index contributed by atoms with van der Waals surface area (Å²) in [5.41, 5.74) is 0.640. The molecule has 0 bridgehead atoms. The lowest BCUT2D eigenvalue weighted by Gasteiger charge is -2.08. The number of esters is 1. The molecule has 0 N–H and O–H groups in total. The summed E-state index contributed by atoms with van der Waals surface area (Å²) >= 11 is 0. The normalized spacial score (nSPS) is 11.0. The van der Waals surface area contributed by atoms with Crippen LogP contribution in [0.3, 0.4) is 0 Å². The lowest BCUT2D eigenvalue weighted by Crippen LogP contribution is -2.10. The smallest absolute Gasteiger partial charge is 0.343 e. The number of benzene rings is 3. The summed E-state index contributed by atoms with van der Waals surface area (Å²) in [6.45, 7) is 5.56. The van der Waals surface area contributed by atoms with Gasteiger partial charge in [-0.05, 0) is 73.0 Å². The van der Waals surface area contributed by atoms with Crippen molar-refractivity contribution in [3.63, 3.8) is 0 Å². The third-order valence-electron chi connectivity index (χ3n) is 7.57. The van der Waals surface area contributed by atoms with E-state index in [0.29, 0.717) is 19.0 Å². The molecule has 0 unspecified atom stereocenters. The van der Waals surface area contributed by atoms with E-state index < -0.39 is 22.4 Å². The van der Waals surface area contributed by atoms with Gasteiger partial charge in [0.05, 0.1) is 23.7 Å². The summed E-state index contributed by atoms with van der Waals surface area (Å²) in [4.78, 5) is 36.5. The van der Waals surface area contributed by atoms with Crippen LogP contribution in [0.25, 0.3) is 6.08 Å². The second kappa shape index (κ2) is 20.5. The number of nitro groups is 1. The van der Waals surface area contributed by atoms with Crippen molar-refractivity contribution in [3.8, 4) is 17.2 Å². The molecule has 3 aromatic rings. The van der Waals surface area contributed by atoms with Crippen molar-refractivity contribution in [2.45, 2.75) is 90.9 Å². The Kier molecular flexibility index (Phi) is 16.1. The highest BCUT2D eigenvalue weighted by atomic mass is 16.6. The molecule has 0 radical (unpaired) electrons. The molecule has 0 amide bonds. The van der Waals surface area contributed by atoms with E-state index in [4.69, 9.17) is 14.2 Å². The van der Waals surface area contributed by atoms with Gasteiger partial charge in [0.15, 0.2) is 5.78 Å². The van der Waals surface area contributed by atoms with Crippen LogP contribution in [0.2, 0.25) is 0 Å². The number of carbonyl (C=O) groups excluding carboxylic acids is 2. The number of ketones is 1. The van der Waals surface area contributed by atoms with Crippen molar-refractivity contribution < 1.29 is 28.7 Å². The van der Waals surface area contributed by atoms with Gasteiger partial charge in [0, 0.05) is 11.6 Å². The first-order valence-electron chi connectivity index (χ1n) is 16.6. The van der Waals surface area contributed by atoms with Gasteiger partial charge in [-0.2, -0.15) is 0 Å². The van der Waals surface area contributed by atoms with Crippen LogP contribution < -0.4 is 14.2 Å². The molecule has 8 heteroatoms. The van der Waals surface area contributed by atoms with Crippen molar-refractivity contribution in [1.82, 2.24) is 0 Å². The molecular formula is C38H47NO7. The Hall–Kier alpha value is -4.46. The molecule has 3 aromatic carbocycles. The molecular weight excluding hydrogens is 582 g/mol. The fraction of sp³-hybridized carbons (Fsp3) is 0.421. The number of allylic oxidation sites excluding steroid dienone is 1. The molecule has 0 aliphatic carbocycles. The van der Waals surface area contributed by atoms with Crippen LogP contribution in [0.15, 0.2) is 72.8 Å². The highest BCUT2D eigenvalue weighted by Gasteiger charge is 2.21. The number of nitro benzene ring substituents is 1. The van der Waals surface area contributed by atoms with Gasteiger partial charge in [-0.1, -0.05) is 96.3 Å². The summed E-state index contributed by atoms with van der Waals surface area (Å²) in [5, 5.41) is 11.7. The molecule has 0 aromatic heterocycles. The lowest BCUT2D eigenvalue weighted by molar-refractivity contribution is -0.385. The Balaban J connectivity index is 1.46. The van der Waals surface area contributed by atoms with E-state index in [2.05, 4.69) is 13.8 Å². The second-order valence-electron chi connectivity index (χ2n) is 11.4. The minimum atomic E-state index is -0.752. The quantitative estimate of drug-likeness (QED) is 0.0207. The number of hydrogen-bond donors (Lipinski definition) is 0. The van der Waals surface area contributed by atoms with Gasteiger partial charge < -0.3 is 14.2 Å². The highest BCUT2D eigenvalue weighted by molar-refractivity contribution is 6.07. The van der Waals surface area contributed by atoms with E-state index in [1.807, 2.05) is 24.3 Å². The monoisotopic (exact) mass is 629 g/mol. The van der Waals surface area contributed by atoms with Gasteiger partial charge in [0.25, 0.3) is 0 Å². The molecule has 0 atom stereocenters. The summed E-state index contributed by atoms with van der Waals surface area (Å²) in [6, 6.07) is 17.6. The second-order valence-corrected chi connectivity index (χ2v) is 11.4. The van der Waals surface area contributed by atoms with E-state index in [1.165, 1.54) is 88.1 Å². The molecule has 0 heterocycles. The van der Waals surface area contributed by atoms with Gasteiger partial charge in [-0.15, -0.1) is 0 Å².